The number of aryl methyl sites for hydroxylation is 1. The number of nitrogens with zero attached hydrogens (tertiary/aromatic N) is 2. The van der Waals surface area contributed by atoms with Gasteiger partial charge < -0.3 is 4.98 Å². The van der Waals surface area contributed by atoms with E-state index in [-0.39, 0.29) is 11.8 Å². The van der Waals surface area contributed by atoms with Crippen molar-refractivity contribution >= 4 is 33.0 Å². The molecule has 30 heavy (non-hydrogen) atoms. The smallest absolute Gasteiger partial charge is 0.243 e. The third kappa shape index (κ3) is 4.15. The summed E-state index contributed by atoms with van der Waals surface area (Å²) in [4.78, 5) is 15.9. The van der Waals surface area contributed by atoms with E-state index < -0.39 is 10.0 Å². The second kappa shape index (κ2) is 8.41. The highest BCUT2D eigenvalue weighted by Crippen LogP contribution is 2.24. The molecule has 0 saturated carbocycles. The number of nitrogens with one attached hydrogen (secondary N) is 2. The Balaban J connectivity index is 1.33. The maximum absolute atomic E-state index is 12.8. The molecule has 2 heterocycles. The summed E-state index contributed by atoms with van der Waals surface area (Å²) in [5.41, 5.74) is 5.51. The molecule has 8 heteroatoms. The minimum Gasteiger partial charge on any atom is -0.361 e. The molecule has 0 spiro atoms. The largest absolute Gasteiger partial charge is 0.361 e. The average Bonchev–Trinajstić information content (AvgIpc) is 3.17. The zero-order chi connectivity index (χ0) is 21.1. The van der Waals surface area contributed by atoms with Gasteiger partial charge in [-0.25, -0.2) is 13.8 Å². The lowest BCUT2D eigenvalue weighted by Crippen LogP contribution is -2.42. The number of aromatic nitrogens is 1. The standard InChI is InChI=1S/C22H24N4O3S/c1-16-6-8-19(9-7-16)30(28,29)26-12-10-17(11-13-26)22(27)25-24-15-18-14-23-21-5-3-2-4-20(18)21/h2-9,14-15,17,23H,10-13H2,1H3,(H,25,27). The summed E-state index contributed by atoms with van der Waals surface area (Å²) in [6, 6.07) is 14.7. The highest BCUT2D eigenvalue weighted by molar-refractivity contribution is 7.89. The SMILES string of the molecule is Cc1ccc(S(=O)(=O)N2CCC(C(=O)NN=Cc3c[nH]c4ccccc34)CC2)cc1. The van der Waals surface area contributed by atoms with Crippen molar-refractivity contribution < 1.29 is 13.2 Å². The number of fused-ring (bicyclic) bond motifs is 1. The van der Waals surface area contributed by atoms with E-state index in [0.717, 1.165) is 22.0 Å². The summed E-state index contributed by atoms with van der Waals surface area (Å²) in [5, 5.41) is 5.12. The fraction of sp³-hybridized carbons (Fsp3) is 0.273. The average molecular weight is 425 g/mol. The number of sulfonamides is 1. The summed E-state index contributed by atoms with van der Waals surface area (Å²) in [5.74, 6) is -0.437. The van der Waals surface area contributed by atoms with Crippen molar-refractivity contribution in [1.29, 1.82) is 0 Å². The number of hydrogen-bond acceptors (Lipinski definition) is 4. The molecule has 2 aromatic carbocycles. The van der Waals surface area contributed by atoms with Crippen LogP contribution in [0, 0.1) is 12.8 Å². The van der Waals surface area contributed by atoms with Crippen LogP contribution in [0.2, 0.25) is 0 Å². The minimum atomic E-state index is -3.53. The third-order valence-corrected chi connectivity index (χ3v) is 7.40. The number of piperidine rings is 1. The molecule has 0 bridgehead atoms. The summed E-state index contributed by atoms with van der Waals surface area (Å²) >= 11 is 0. The molecule has 0 aliphatic carbocycles. The molecule has 1 aliphatic rings. The Morgan fingerprint density at radius 2 is 1.83 bits per heavy atom. The van der Waals surface area contributed by atoms with E-state index in [1.54, 1.807) is 30.5 Å². The number of carbonyl (C=O) groups excluding carboxylic acids is 1. The number of hydrazone groups is 1. The molecule has 1 saturated heterocycles. The van der Waals surface area contributed by atoms with Crippen molar-refractivity contribution in [3.63, 3.8) is 0 Å². The van der Waals surface area contributed by atoms with Crippen molar-refractivity contribution in [2.75, 3.05) is 13.1 Å². The van der Waals surface area contributed by atoms with Crippen LogP contribution in [0.5, 0.6) is 0 Å². The van der Waals surface area contributed by atoms with Gasteiger partial charge >= 0.3 is 0 Å². The number of rotatable bonds is 5. The summed E-state index contributed by atoms with van der Waals surface area (Å²) in [6.07, 6.45) is 4.40. The van der Waals surface area contributed by atoms with Crippen molar-refractivity contribution in [1.82, 2.24) is 14.7 Å². The number of amides is 1. The molecule has 156 valence electrons. The third-order valence-electron chi connectivity index (χ3n) is 5.48. The fourth-order valence-electron chi connectivity index (χ4n) is 3.68. The summed E-state index contributed by atoms with van der Waals surface area (Å²) in [7, 11) is -3.53. The highest BCUT2D eigenvalue weighted by Gasteiger charge is 2.32. The quantitative estimate of drug-likeness (QED) is 0.487. The van der Waals surface area contributed by atoms with Gasteiger partial charge in [-0.2, -0.15) is 9.41 Å². The van der Waals surface area contributed by atoms with Gasteiger partial charge in [0.2, 0.25) is 15.9 Å². The Morgan fingerprint density at radius 1 is 1.13 bits per heavy atom. The Morgan fingerprint density at radius 3 is 2.57 bits per heavy atom. The predicted molar refractivity (Wildman–Crippen MR) is 117 cm³/mol. The highest BCUT2D eigenvalue weighted by atomic mass is 32.2. The maximum atomic E-state index is 12.8. The molecule has 3 aromatic rings. The monoisotopic (exact) mass is 424 g/mol. The fourth-order valence-corrected chi connectivity index (χ4v) is 5.14. The molecule has 1 amide bonds. The molecule has 0 radical (unpaired) electrons. The lowest BCUT2D eigenvalue weighted by Gasteiger charge is -2.30. The Hall–Kier alpha value is -2.97. The molecule has 2 N–H and O–H groups in total. The van der Waals surface area contributed by atoms with E-state index in [0.29, 0.717) is 30.8 Å². The van der Waals surface area contributed by atoms with Crippen LogP contribution in [0.1, 0.15) is 24.0 Å². The normalized spacial score (nSPS) is 16.3. The zero-order valence-electron chi connectivity index (χ0n) is 16.7. The van der Waals surface area contributed by atoms with E-state index in [1.165, 1.54) is 4.31 Å². The van der Waals surface area contributed by atoms with Crippen molar-refractivity contribution in [3.05, 3.63) is 65.9 Å². The van der Waals surface area contributed by atoms with Crippen molar-refractivity contribution in [2.24, 2.45) is 11.0 Å². The van der Waals surface area contributed by atoms with Gasteiger partial charge in [-0.3, -0.25) is 4.79 Å². The first-order valence-corrected chi connectivity index (χ1v) is 11.3. The first-order valence-electron chi connectivity index (χ1n) is 9.91. The van der Waals surface area contributed by atoms with Gasteiger partial charge in [0, 0.05) is 41.7 Å². The molecule has 0 unspecified atom stereocenters. The van der Waals surface area contributed by atoms with E-state index in [2.05, 4.69) is 15.5 Å². The van der Waals surface area contributed by atoms with Gasteiger partial charge in [-0.1, -0.05) is 35.9 Å². The first-order chi connectivity index (χ1) is 14.4. The number of H-pyrrole nitrogens is 1. The molecular weight excluding hydrogens is 400 g/mol. The molecule has 1 aliphatic heterocycles. The second-order valence-corrected chi connectivity index (χ2v) is 9.45. The van der Waals surface area contributed by atoms with Crippen LogP contribution in [0.3, 0.4) is 0 Å². The molecular formula is C22H24N4O3S. The molecule has 0 atom stereocenters. The van der Waals surface area contributed by atoms with Gasteiger partial charge in [0.05, 0.1) is 11.1 Å². The lowest BCUT2D eigenvalue weighted by atomic mass is 9.98. The van der Waals surface area contributed by atoms with Crippen LogP contribution >= 0.6 is 0 Å². The summed E-state index contributed by atoms with van der Waals surface area (Å²) in [6.45, 7) is 2.56. The lowest BCUT2D eigenvalue weighted by molar-refractivity contribution is -0.126. The van der Waals surface area contributed by atoms with E-state index in [1.807, 2.05) is 37.4 Å². The Kier molecular flexibility index (Phi) is 5.69. The van der Waals surface area contributed by atoms with Crippen molar-refractivity contribution in [2.45, 2.75) is 24.7 Å². The zero-order valence-corrected chi connectivity index (χ0v) is 17.5. The minimum absolute atomic E-state index is 0.182. The Labute approximate surface area is 175 Å². The first kappa shape index (κ1) is 20.3. The molecule has 1 aromatic heterocycles. The number of benzene rings is 2. The number of hydrogen-bond donors (Lipinski definition) is 2. The topological polar surface area (TPSA) is 94.6 Å². The number of carbonyl (C=O) groups is 1. The van der Waals surface area contributed by atoms with Crippen LogP contribution < -0.4 is 5.43 Å². The van der Waals surface area contributed by atoms with E-state index in [4.69, 9.17) is 0 Å². The molecule has 4 rings (SSSR count). The Bertz CT molecular complexity index is 1170. The van der Waals surface area contributed by atoms with Gasteiger partial charge in [-0.15, -0.1) is 0 Å². The summed E-state index contributed by atoms with van der Waals surface area (Å²) < 4.78 is 27.0. The van der Waals surface area contributed by atoms with Gasteiger partial charge in [0.25, 0.3) is 0 Å². The number of aromatic amines is 1. The van der Waals surface area contributed by atoms with Gasteiger partial charge in [-0.05, 0) is 38.0 Å². The van der Waals surface area contributed by atoms with E-state index in [9.17, 15) is 13.2 Å². The van der Waals surface area contributed by atoms with Gasteiger partial charge in [0.15, 0.2) is 0 Å². The van der Waals surface area contributed by atoms with Crippen LogP contribution in [-0.2, 0) is 14.8 Å². The molecule has 1 fully saturated rings. The second-order valence-electron chi connectivity index (χ2n) is 7.52. The van der Waals surface area contributed by atoms with Crippen LogP contribution in [0.4, 0.5) is 0 Å². The van der Waals surface area contributed by atoms with Crippen LogP contribution in [0.25, 0.3) is 10.9 Å². The maximum Gasteiger partial charge on any atom is 0.243 e. The van der Waals surface area contributed by atoms with E-state index >= 15 is 0 Å². The predicted octanol–water partition coefficient (Wildman–Crippen LogP) is 3.03. The van der Waals surface area contributed by atoms with Gasteiger partial charge in [0.1, 0.15) is 0 Å². The van der Waals surface area contributed by atoms with Crippen molar-refractivity contribution in [3.8, 4) is 0 Å². The van der Waals surface area contributed by atoms with Crippen LogP contribution in [-0.4, -0.2) is 42.9 Å². The van der Waals surface area contributed by atoms with Crippen LogP contribution in [0.15, 0.2) is 64.7 Å². The number of para-hydroxylation sites is 1. The molecule has 7 nitrogen and oxygen atoms in total.